The summed E-state index contributed by atoms with van der Waals surface area (Å²) < 4.78 is 32.8. The summed E-state index contributed by atoms with van der Waals surface area (Å²) in [5.41, 5.74) is 0. The fraction of sp³-hybridized carbons (Fsp3) is 1.00. The second-order valence-electron chi connectivity index (χ2n) is 8.39. The van der Waals surface area contributed by atoms with Gasteiger partial charge >= 0.3 is 18.9 Å². The van der Waals surface area contributed by atoms with Crippen molar-refractivity contribution in [2.45, 2.75) is 111 Å². The van der Waals surface area contributed by atoms with Gasteiger partial charge in [0.15, 0.2) is 0 Å². The predicted molar refractivity (Wildman–Crippen MR) is 123 cm³/mol. The Bertz CT molecular complexity index is 398. The first kappa shape index (κ1) is 31.1. The maximum absolute atomic E-state index is 10.9. The van der Waals surface area contributed by atoms with E-state index in [2.05, 4.69) is 20.8 Å². The average molecular weight is 430 g/mol. The molecular formula is C22H47LiO3PS+. The Kier molecular flexibility index (Phi) is 22.1. The minimum atomic E-state index is -4.05. The number of hydrogen-bond donors (Lipinski definition) is 0. The minimum Gasteiger partial charge on any atom is -0.748 e. The zero-order valence-corrected chi connectivity index (χ0v) is 21.2. The molecule has 0 aliphatic heterocycles. The van der Waals surface area contributed by atoms with Crippen LogP contribution in [0.5, 0.6) is 0 Å². The second-order valence-corrected chi connectivity index (χ2v) is 14.4. The average Bonchev–Trinajstić information content (AvgIpc) is 2.62. The quantitative estimate of drug-likeness (QED) is 0.127. The van der Waals surface area contributed by atoms with Gasteiger partial charge in [-0.15, -0.1) is 0 Å². The fourth-order valence-electron chi connectivity index (χ4n) is 4.02. The fourth-order valence-corrected chi connectivity index (χ4v) is 9.50. The van der Waals surface area contributed by atoms with Crippen LogP contribution in [0.25, 0.3) is 0 Å². The van der Waals surface area contributed by atoms with Crippen LogP contribution in [0, 0.1) is 0 Å². The van der Waals surface area contributed by atoms with Crippen LogP contribution in [0.2, 0.25) is 0 Å². The SMILES string of the molecule is CCCCCC[P+](CCCCCC)(CCCCCC)CCCCS(=O)(=O)[O-].[Li+]. The first-order valence-electron chi connectivity index (χ1n) is 11.7. The van der Waals surface area contributed by atoms with Gasteiger partial charge in [0.2, 0.25) is 0 Å². The molecule has 0 amide bonds. The largest absolute Gasteiger partial charge is 1.00 e. The maximum Gasteiger partial charge on any atom is 1.00 e. The molecule has 0 spiro atoms. The summed E-state index contributed by atoms with van der Waals surface area (Å²) in [4.78, 5) is 0. The van der Waals surface area contributed by atoms with E-state index in [1.807, 2.05) is 0 Å². The van der Waals surface area contributed by atoms with Crippen LogP contribution in [0.1, 0.15) is 111 Å². The molecule has 0 unspecified atom stereocenters. The summed E-state index contributed by atoms with van der Waals surface area (Å²) in [6.45, 7) is 6.80. The van der Waals surface area contributed by atoms with Gasteiger partial charge in [0.25, 0.3) is 0 Å². The smallest absolute Gasteiger partial charge is 0.748 e. The van der Waals surface area contributed by atoms with E-state index in [1.165, 1.54) is 102 Å². The summed E-state index contributed by atoms with van der Waals surface area (Å²) in [5.74, 6) is -0.172. The van der Waals surface area contributed by atoms with Gasteiger partial charge in [-0.05, 0) is 51.4 Å². The van der Waals surface area contributed by atoms with Crippen molar-refractivity contribution in [3.05, 3.63) is 0 Å². The molecule has 0 atom stereocenters. The first-order valence-corrected chi connectivity index (χ1v) is 15.8. The molecule has 6 heteroatoms. The monoisotopic (exact) mass is 429 g/mol. The molecule has 0 N–H and O–H groups in total. The Morgan fingerprint density at radius 3 is 1.18 bits per heavy atom. The van der Waals surface area contributed by atoms with Gasteiger partial charge in [0, 0.05) is 13.0 Å². The Morgan fingerprint density at radius 1 is 0.571 bits per heavy atom. The summed E-state index contributed by atoms with van der Waals surface area (Å²) in [5, 5.41) is 0. The Hall–Kier alpha value is 0.937. The second kappa shape index (κ2) is 19.9. The Morgan fingerprint density at radius 2 is 0.893 bits per heavy atom. The van der Waals surface area contributed by atoms with Gasteiger partial charge in [0.1, 0.15) is 0 Å². The van der Waals surface area contributed by atoms with Crippen molar-refractivity contribution in [1.82, 2.24) is 0 Å². The third kappa shape index (κ3) is 18.9. The molecule has 164 valence electrons. The van der Waals surface area contributed by atoms with Gasteiger partial charge in [-0.25, -0.2) is 8.42 Å². The third-order valence-corrected chi connectivity index (χ3v) is 11.6. The number of unbranched alkanes of at least 4 members (excludes halogenated alkanes) is 10. The Labute approximate surface area is 189 Å². The van der Waals surface area contributed by atoms with Gasteiger partial charge < -0.3 is 4.55 Å². The van der Waals surface area contributed by atoms with Crippen LogP contribution in [0.15, 0.2) is 0 Å². The van der Waals surface area contributed by atoms with Gasteiger partial charge in [0.05, 0.1) is 34.8 Å². The van der Waals surface area contributed by atoms with Crippen LogP contribution >= 0.6 is 7.26 Å². The van der Waals surface area contributed by atoms with Crippen LogP contribution in [0.3, 0.4) is 0 Å². The maximum atomic E-state index is 10.9. The zero-order chi connectivity index (χ0) is 20.4. The van der Waals surface area contributed by atoms with Crippen molar-refractivity contribution in [3.63, 3.8) is 0 Å². The summed E-state index contributed by atoms with van der Waals surface area (Å²) >= 11 is 0. The number of hydrogen-bond acceptors (Lipinski definition) is 3. The standard InChI is InChI=1S/C22H47O3PS.Li/c1-4-7-10-13-18-26(19-14-11-8-5-2,20-15-12-9-6-3)21-16-17-22-27(23,24)25;/h4-22H2,1-3H3;/q;+1. The first-order chi connectivity index (χ1) is 12.9. The summed E-state index contributed by atoms with van der Waals surface area (Å²) in [6.07, 6.45) is 22.8. The molecule has 0 saturated carbocycles. The van der Waals surface area contributed by atoms with E-state index in [4.69, 9.17) is 0 Å². The van der Waals surface area contributed by atoms with Crippen molar-refractivity contribution in [2.24, 2.45) is 0 Å². The van der Waals surface area contributed by atoms with Crippen molar-refractivity contribution in [1.29, 1.82) is 0 Å². The molecule has 28 heavy (non-hydrogen) atoms. The Balaban J connectivity index is 0. The molecule has 0 rings (SSSR count). The molecule has 0 fully saturated rings. The molecule has 0 aliphatic carbocycles. The van der Waals surface area contributed by atoms with E-state index < -0.39 is 17.4 Å². The number of rotatable bonds is 20. The topological polar surface area (TPSA) is 57.2 Å². The molecular weight excluding hydrogens is 382 g/mol. The van der Waals surface area contributed by atoms with E-state index >= 15 is 0 Å². The van der Waals surface area contributed by atoms with E-state index in [9.17, 15) is 13.0 Å². The van der Waals surface area contributed by atoms with E-state index in [-0.39, 0.29) is 24.6 Å². The molecule has 0 aliphatic rings. The van der Waals surface area contributed by atoms with Gasteiger partial charge in [-0.3, -0.25) is 0 Å². The van der Waals surface area contributed by atoms with E-state index in [1.54, 1.807) is 0 Å². The summed E-state index contributed by atoms with van der Waals surface area (Å²) in [6, 6.07) is 0. The minimum absolute atomic E-state index is 0. The van der Waals surface area contributed by atoms with Crippen molar-refractivity contribution >= 4 is 17.4 Å². The van der Waals surface area contributed by atoms with E-state index in [0.717, 1.165) is 6.42 Å². The van der Waals surface area contributed by atoms with Crippen molar-refractivity contribution in [3.8, 4) is 0 Å². The molecule has 0 saturated heterocycles. The third-order valence-electron chi connectivity index (χ3n) is 5.73. The normalized spacial score (nSPS) is 12.1. The van der Waals surface area contributed by atoms with Gasteiger partial charge in [-0.1, -0.05) is 59.3 Å². The van der Waals surface area contributed by atoms with Crippen molar-refractivity contribution in [2.75, 3.05) is 30.4 Å². The molecule has 0 aromatic rings. The molecule has 0 bridgehead atoms. The van der Waals surface area contributed by atoms with Crippen LogP contribution in [-0.2, 0) is 10.1 Å². The van der Waals surface area contributed by atoms with Crippen LogP contribution in [-0.4, -0.2) is 43.4 Å². The zero-order valence-electron chi connectivity index (χ0n) is 19.5. The van der Waals surface area contributed by atoms with Crippen molar-refractivity contribution < 1.29 is 31.8 Å². The molecule has 3 nitrogen and oxygen atoms in total. The molecule has 0 aromatic heterocycles. The summed E-state index contributed by atoms with van der Waals surface area (Å²) in [7, 11) is -5.05. The molecule has 0 heterocycles. The predicted octanol–water partition coefficient (Wildman–Crippen LogP) is 4.07. The van der Waals surface area contributed by atoms with Crippen LogP contribution < -0.4 is 18.9 Å². The van der Waals surface area contributed by atoms with Crippen LogP contribution in [0.4, 0.5) is 0 Å². The van der Waals surface area contributed by atoms with E-state index in [0.29, 0.717) is 6.42 Å². The molecule has 0 radical (unpaired) electrons. The molecule has 0 aromatic carbocycles. The van der Waals surface area contributed by atoms with Gasteiger partial charge in [-0.2, -0.15) is 0 Å².